The number of halogens is 5. The number of carbonyl (C=O) groups is 1. The first-order valence-corrected chi connectivity index (χ1v) is 16.8. The fourth-order valence-corrected chi connectivity index (χ4v) is 6.59. The van der Waals surface area contributed by atoms with Gasteiger partial charge in [-0.25, -0.2) is 8.78 Å². The number of benzene rings is 4. The van der Waals surface area contributed by atoms with Gasteiger partial charge < -0.3 is 19.1 Å². The molecule has 6 rings (SSSR count). The van der Waals surface area contributed by atoms with Gasteiger partial charge in [0, 0.05) is 66.3 Å². The van der Waals surface area contributed by atoms with E-state index in [0.717, 1.165) is 71.8 Å². The zero-order valence-corrected chi connectivity index (χ0v) is 28.5. The molecule has 1 saturated heterocycles. The Labute approximate surface area is 330 Å². The van der Waals surface area contributed by atoms with Crippen LogP contribution in [0.1, 0.15) is 62.9 Å². The van der Waals surface area contributed by atoms with Crippen molar-refractivity contribution < 1.29 is 52.0 Å². The molecule has 5 aromatic rings. The maximum absolute atomic E-state index is 15.4. The SMILES string of the molecule is [2H]C([2H])([2H])OC([2H])([2H])CN1C([2H])([2H])C([2H])([2H])C([2H])(N(C(=O)Cn2c(SCc3cccc(F)c3F)cc(=O)c3ccccc32)C([2H])(C)c2ccc(-c3ccc(C(F)(F)F)cc3)cc2)C([2H])([2H])C1([2H])[2H]. The lowest BCUT2D eigenvalue weighted by Crippen LogP contribution is -2.49. The minimum atomic E-state index is -4.66. The zero-order chi connectivity index (χ0) is 51.0. The van der Waals surface area contributed by atoms with Gasteiger partial charge in [0.25, 0.3) is 0 Å². The molecule has 1 atom stereocenters. The fourth-order valence-electron chi connectivity index (χ4n) is 5.56. The normalized spacial score (nSPS) is 24.5. The number of alkyl halides is 3. The van der Waals surface area contributed by atoms with E-state index in [1.807, 2.05) is 0 Å². The Kier molecular flexibility index (Phi) is 7.32. The molecule has 1 fully saturated rings. The molecule has 4 aromatic carbocycles. The van der Waals surface area contributed by atoms with Crippen molar-refractivity contribution in [3.8, 4) is 11.1 Å². The first-order valence-electron chi connectivity index (χ1n) is 23.3. The summed E-state index contributed by atoms with van der Waals surface area (Å²) < 4.78 is 206. The number of piperidine rings is 1. The molecule has 0 aliphatic carbocycles. The van der Waals surface area contributed by atoms with E-state index in [4.69, 9.17) is 12.3 Å². The summed E-state index contributed by atoms with van der Waals surface area (Å²) in [6.07, 6.45) is -13.1. The summed E-state index contributed by atoms with van der Waals surface area (Å²) in [6, 6.07) is 11.6. The lowest BCUT2D eigenvalue weighted by molar-refractivity contribution is -0.138. The quantitative estimate of drug-likeness (QED) is 0.0939. The Balaban J connectivity index is 1.56. The van der Waals surface area contributed by atoms with E-state index in [9.17, 15) is 35.0 Å². The van der Waals surface area contributed by atoms with Crippen molar-refractivity contribution in [2.75, 3.05) is 33.1 Å². The van der Waals surface area contributed by atoms with Gasteiger partial charge in [-0.05, 0) is 66.7 Å². The maximum Gasteiger partial charge on any atom is 0.416 e. The highest BCUT2D eigenvalue weighted by atomic mass is 32.2. The smallest absolute Gasteiger partial charge is 0.383 e. The van der Waals surface area contributed by atoms with Gasteiger partial charge in [-0.2, -0.15) is 13.2 Å². The summed E-state index contributed by atoms with van der Waals surface area (Å²) >= 11 is 0.721. The molecule has 6 nitrogen and oxygen atoms in total. The van der Waals surface area contributed by atoms with Crippen LogP contribution in [-0.2, 0) is 28.0 Å². The third-order valence-corrected chi connectivity index (χ3v) is 9.34. The summed E-state index contributed by atoms with van der Waals surface area (Å²) in [5, 5.41) is -0.151. The number of ether oxygens (including phenoxy) is 1. The molecule has 0 spiro atoms. The third kappa shape index (κ3) is 8.83. The highest BCUT2D eigenvalue weighted by Gasteiger charge is 2.33. The minimum Gasteiger partial charge on any atom is -0.383 e. The second-order valence-corrected chi connectivity index (χ2v) is 12.6. The number of pyridine rings is 1. The van der Waals surface area contributed by atoms with E-state index in [-0.39, 0.29) is 53.7 Å². The van der Waals surface area contributed by atoms with Gasteiger partial charge in [0.2, 0.25) is 5.91 Å². The van der Waals surface area contributed by atoms with E-state index in [1.165, 1.54) is 48.5 Å². The van der Waals surface area contributed by atoms with Gasteiger partial charge in [0.15, 0.2) is 17.1 Å². The van der Waals surface area contributed by atoms with Gasteiger partial charge in [0.05, 0.1) is 38.3 Å². The van der Waals surface area contributed by atoms with Crippen LogP contribution in [0.25, 0.3) is 22.0 Å². The van der Waals surface area contributed by atoms with Crippen molar-refractivity contribution in [2.24, 2.45) is 0 Å². The average Bonchev–Trinajstić information content (AvgIpc) is 3.22. The Morgan fingerprint density at radius 2 is 1.72 bits per heavy atom. The number of carbonyl (C=O) groups excluding carboxylic acids is 1. The standard InChI is InChI=1S/C41H40F5N3O3S/c1-27(28-10-12-29(13-11-28)30-14-16-32(17-15-30)41(44,45)46)49(33-18-20-47(21-19-33)22-23-52-2)38(51)25-48-36-9-4-3-7-34(36)37(50)24-39(48)53-26-31-6-5-8-35(42)40(31)43/h3-17,24,27,33H,18-23,25-26H2,1-2H3/i2D3,18D2,19D2,20D2,21D2,23D2,27D,33D. The molecule has 1 aliphatic heterocycles. The van der Waals surface area contributed by atoms with Crippen LogP contribution in [0.2, 0.25) is 0 Å². The molecule has 1 aliphatic rings. The number of aromatic nitrogens is 1. The van der Waals surface area contributed by atoms with E-state index >= 15 is 4.79 Å². The predicted molar refractivity (Wildman–Crippen MR) is 198 cm³/mol. The predicted octanol–water partition coefficient (Wildman–Crippen LogP) is 8.96. The van der Waals surface area contributed by atoms with Gasteiger partial charge in [-0.15, -0.1) is 11.8 Å². The van der Waals surface area contributed by atoms with E-state index in [1.54, 1.807) is 0 Å². The summed E-state index contributed by atoms with van der Waals surface area (Å²) in [5.74, 6) is -4.35. The largest absolute Gasteiger partial charge is 0.416 e. The summed E-state index contributed by atoms with van der Waals surface area (Å²) in [5.41, 5.74) is -1.66. The molecule has 0 radical (unpaired) electrons. The molecule has 0 bridgehead atoms. The van der Waals surface area contributed by atoms with Crippen LogP contribution in [-0.4, -0.2) is 59.4 Å². The Morgan fingerprint density at radius 3 is 2.40 bits per heavy atom. The molecular formula is C41H40F5N3O3S. The van der Waals surface area contributed by atoms with Gasteiger partial charge >= 0.3 is 6.18 Å². The van der Waals surface area contributed by atoms with Crippen LogP contribution in [0.4, 0.5) is 22.0 Å². The second-order valence-electron chi connectivity index (χ2n) is 11.6. The summed E-state index contributed by atoms with van der Waals surface area (Å²) in [7, 11) is -3.52. The zero-order valence-electron chi connectivity index (χ0n) is 42.7. The minimum absolute atomic E-state index is 0.0230. The van der Waals surface area contributed by atoms with Crippen LogP contribution in [0.15, 0.2) is 107 Å². The van der Waals surface area contributed by atoms with Crippen molar-refractivity contribution in [1.29, 1.82) is 0 Å². The number of hydrogen-bond acceptors (Lipinski definition) is 5. The van der Waals surface area contributed by atoms with Crippen LogP contribution in [0, 0.1) is 11.6 Å². The van der Waals surface area contributed by atoms with Crippen LogP contribution >= 0.6 is 11.8 Å². The molecule has 1 aromatic heterocycles. The second kappa shape index (κ2) is 16.7. The van der Waals surface area contributed by atoms with E-state index in [2.05, 4.69) is 4.74 Å². The molecular weight excluding hydrogens is 710 g/mol. The molecule has 12 heteroatoms. The lowest BCUT2D eigenvalue weighted by atomic mass is 9.96. The molecule has 53 heavy (non-hydrogen) atoms. The van der Waals surface area contributed by atoms with Crippen molar-refractivity contribution in [2.45, 2.75) is 55.2 Å². The number of likely N-dealkylation sites (tertiary alicyclic amines) is 1. The molecule has 0 saturated carbocycles. The number of hydrogen-bond donors (Lipinski definition) is 0. The number of amides is 1. The Morgan fingerprint density at radius 1 is 1.04 bits per heavy atom. The molecule has 2 heterocycles. The molecule has 1 amide bonds. The molecule has 0 N–H and O–H groups in total. The first-order chi connectivity index (χ1) is 31.0. The lowest BCUT2D eigenvalue weighted by Gasteiger charge is -2.42. The third-order valence-electron chi connectivity index (χ3n) is 8.25. The topological polar surface area (TPSA) is 54.8 Å². The van der Waals surface area contributed by atoms with Crippen molar-refractivity contribution in [1.82, 2.24) is 14.4 Å². The molecule has 1 unspecified atom stereocenters. The number of fused-ring (bicyclic) bond motifs is 1. The number of methoxy groups -OCH3 is 1. The number of thioether (sulfide) groups is 1. The highest BCUT2D eigenvalue weighted by Crippen LogP contribution is 2.34. The number of rotatable bonds is 12. The first kappa shape index (κ1) is 23.3. The number of para-hydroxylation sites is 1. The van der Waals surface area contributed by atoms with Gasteiger partial charge in [-0.3, -0.25) is 9.59 Å². The van der Waals surface area contributed by atoms with E-state index < -0.39 is 99.2 Å². The van der Waals surface area contributed by atoms with E-state index in [0.29, 0.717) is 0 Å². The van der Waals surface area contributed by atoms with Crippen LogP contribution < -0.4 is 5.43 Å². The van der Waals surface area contributed by atoms with Gasteiger partial charge in [0.1, 0.15) is 6.54 Å². The maximum atomic E-state index is 15.4. The van der Waals surface area contributed by atoms with Crippen molar-refractivity contribution in [3.63, 3.8) is 0 Å². The van der Waals surface area contributed by atoms with Gasteiger partial charge in [-0.1, -0.05) is 60.7 Å². The number of nitrogens with zero attached hydrogens (tertiary/aromatic N) is 3. The molecule has 278 valence electrons. The van der Waals surface area contributed by atoms with Crippen LogP contribution in [0.5, 0.6) is 0 Å². The van der Waals surface area contributed by atoms with Crippen LogP contribution in [0.3, 0.4) is 0 Å². The summed E-state index contributed by atoms with van der Waals surface area (Å²) in [6.45, 7) is -13.7. The van der Waals surface area contributed by atoms with Crippen molar-refractivity contribution >= 4 is 28.6 Å². The Bertz CT molecular complexity index is 2750. The average molecular weight is 765 g/mol. The monoisotopic (exact) mass is 764 g/mol. The highest BCUT2D eigenvalue weighted by molar-refractivity contribution is 7.98. The summed E-state index contributed by atoms with van der Waals surface area (Å²) in [4.78, 5) is 28.5. The van der Waals surface area contributed by atoms with Crippen molar-refractivity contribution in [3.05, 3.63) is 136 Å². The Hall–Kier alpha value is -4.52. The fraction of sp³-hybridized carbons (Fsp3) is 0.317.